The molecule has 0 saturated carbocycles. The number of para-hydroxylation sites is 1. The summed E-state index contributed by atoms with van der Waals surface area (Å²) in [6.45, 7) is 8.86. The summed E-state index contributed by atoms with van der Waals surface area (Å²) in [5.74, 6) is -0.894. The molecule has 0 fully saturated rings. The predicted molar refractivity (Wildman–Crippen MR) is 96.5 cm³/mol. The molecule has 7 heteroatoms. The summed E-state index contributed by atoms with van der Waals surface area (Å²) < 4.78 is 5.20. The van der Waals surface area contributed by atoms with Gasteiger partial charge in [0.2, 0.25) is 5.91 Å². The van der Waals surface area contributed by atoms with Crippen molar-refractivity contribution in [2.24, 2.45) is 5.92 Å². The molecule has 3 N–H and O–H groups in total. The molecule has 1 aromatic carbocycles. The Morgan fingerprint density at radius 3 is 2.20 bits per heavy atom. The number of ether oxygens (including phenoxy) is 1. The van der Waals surface area contributed by atoms with Crippen LogP contribution in [0.1, 0.15) is 45.0 Å². The van der Waals surface area contributed by atoms with Gasteiger partial charge in [0.25, 0.3) is 5.91 Å². The zero-order valence-corrected chi connectivity index (χ0v) is 15.6. The number of carbonyl (C=O) groups excluding carboxylic acids is 3. The number of hydrogen-bond acceptors (Lipinski definition) is 4. The van der Waals surface area contributed by atoms with Gasteiger partial charge < -0.3 is 20.7 Å². The summed E-state index contributed by atoms with van der Waals surface area (Å²) in [5, 5.41) is 7.81. The highest BCUT2D eigenvalue weighted by Crippen LogP contribution is 2.16. The van der Waals surface area contributed by atoms with E-state index < -0.39 is 23.6 Å². The van der Waals surface area contributed by atoms with Crippen molar-refractivity contribution in [3.05, 3.63) is 29.8 Å². The van der Waals surface area contributed by atoms with E-state index in [9.17, 15) is 14.4 Å². The lowest BCUT2D eigenvalue weighted by Gasteiger charge is -2.25. The van der Waals surface area contributed by atoms with Gasteiger partial charge in [0.05, 0.1) is 11.3 Å². The third-order valence-corrected chi connectivity index (χ3v) is 3.28. The lowest BCUT2D eigenvalue weighted by atomic mass is 10.0. The Labute approximate surface area is 148 Å². The van der Waals surface area contributed by atoms with Crippen LogP contribution in [0.4, 0.5) is 10.5 Å². The van der Waals surface area contributed by atoms with Crippen molar-refractivity contribution in [1.82, 2.24) is 10.6 Å². The van der Waals surface area contributed by atoms with Crippen LogP contribution in [0.15, 0.2) is 24.3 Å². The first-order valence-electron chi connectivity index (χ1n) is 8.16. The molecule has 3 amide bonds. The van der Waals surface area contributed by atoms with Gasteiger partial charge in [-0.3, -0.25) is 9.59 Å². The zero-order valence-electron chi connectivity index (χ0n) is 15.6. The Morgan fingerprint density at radius 1 is 1.08 bits per heavy atom. The van der Waals surface area contributed by atoms with E-state index in [4.69, 9.17) is 4.74 Å². The van der Waals surface area contributed by atoms with Gasteiger partial charge in [-0.05, 0) is 38.8 Å². The number of alkyl carbamates (subject to hydrolysis) is 1. The highest BCUT2D eigenvalue weighted by Gasteiger charge is 2.27. The Kier molecular flexibility index (Phi) is 6.97. The van der Waals surface area contributed by atoms with Crippen LogP contribution in [0, 0.1) is 5.92 Å². The minimum absolute atomic E-state index is 0.167. The second kappa shape index (κ2) is 8.50. The number of nitrogens with one attached hydrogen (secondary N) is 3. The quantitative estimate of drug-likeness (QED) is 0.761. The van der Waals surface area contributed by atoms with Gasteiger partial charge in [-0.1, -0.05) is 26.0 Å². The lowest BCUT2D eigenvalue weighted by molar-refractivity contribution is -0.119. The van der Waals surface area contributed by atoms with Crippen molar-refractivity contribution in [2.75, 3.05) is 12.4 Å². The van der Waals surface area contributed by atoms with E-state index in [-0.39, 0.29) is 11.8 Å². The molecule has 138 valence electrons. The summed E-state index contributed by atoms with van der Waals surface area (Å²) in [5.41, 5.74) is 0.0649. The van der Waals surface area contributed by atoms with Crippen molar-refractivity contribution >= 4 is 23.6 Å². The van der Waals surface area contributed by atoms with Gasteiger partial charge in [0.15, 0.2) is 0 Å². The van der Waals surface area contributed by atoms with E-state index in [1.54, 1.807) is 45.0 Å². The molecule has 0 radical (unpaired) electrons. The molecule has 0 bridgehead atoms. The van der Waals surface area contributed by atoms with Crippen LogP contribution in [0.25, 0.3) is 0 Å². The first-order valence-corrected chi connectivity index (χ1v) is 8.16. The van der Waals surface area contributed by atoms with Gasteiger partial charge in [-0.25, -0.2) is 4.79 Å². The Bertz CT molecular complexity index is 635. The zero-order chi connectivity index (χ0) is 19.2. The molecule has 1 rings (SSSR count). The van der Waals surface area contributed by atoms with Crippen LogP contribution < -0.4 is 16.0 Å². The molecule has 1 aromatic rings. The summed E-state index contributed by atoms with van der Waals surface area (Å²) >= 11 is 0. The molecule has 0 aliphatic carbocycles. The molecule has 0 heterocycles. The van der Waals surface area contributed by atoms with Crippen molar-refractivity contribution < 1.29 is 19.1 Å². The van der Waals surface area contributed by atoms with Crippen molar-refractivity contribution in [1.29, 1.82) is 0 Å². The third kappa shape index (κ3) is 6.45. The average Bonchev–Trinajstić information content (AvgIpc) is 2.50. The molecule has 25 heavy (non-hydrogen) atoms. The number of carbonyl (C=O) groups is 3. The SMILES string of the molecule is CNC(=O)c1ccccc1NC(=O)C(NC(=O)OC(C)(C)C)C(C)C. The van der Waals surface area contributed by atoms with Gasteiger partial charge in [0, 0.05) is 7.05 Å². The van der Waals surface area contributed by atoms with Crippen molar-refractivity contribution in [3.63, 3.8) is 0 Å². The number of amides is 3. The average molecular weight is 349 g/mol. The number of benzene rings is 1. The van der Waals surface area contributed by atoms with Crippen molar-refractivity contribution in [2.45, 2.75) is 46.3 Å². The van der Waals surface area contributed by atoms with Gasteiger partial charge in [-0.15, -0.1) is 0 Å². The fraction of sp³-hybridized carbons (Fsp3) is 0.500. The lowest BCUT2D eigenvalue weighted by Crippen LogP contribution is -2.48. The topological polar surface area (TPSA) is 96.5 Å². The highest BCUT2D eigenvalue weighted by molar-refractivity contribution is 6.05. The summed E-state index contributed by atoms with van der Waals surface area (Å²) in [4.78, 5) is 36.5. The molecule has 0 saturated heterocycles. The third-order valence-electron chi connectivity index (χ3n) is 3.28. The number of hydrogen-bond donors (Lipinski definition) is 3. The van der Waals surface area contributed by atoms with Crippen LogP contribution in [-0.4, -0.2) is 36.6 Å². The summed E-state index contributed by atoms with van der Waals surface area (Å²) in [6.07, 6.45) is -0.666. The minimum Gasteiger partial charge on any atom is -0.444 e. The molecule has 0 aliphatic heterocycles. The molecule has 7 nitrogen and oxygen atoms in total. The molecule has 0 aromatic heterocycles. The van der Waals surface area contributed by atoms with Crippen LogP contribution in [-0.2, 0) is 9.53 Å². The second-order valence-electron chi connectivity index (χ2n) is 6.98. The molecular weight excluding hydrogens is 322 g/mol. The standard InChI is InChI=1S/C18H27N3O4/c1-11(2)14(21-17(24)25-18(3,4)5)16(23)20-13-10-8-7-9-12(13)15(22)19-6/h7-11,14H,1-6H3,(H,19,22)(H,20,23)(H,21,24). The smallest absolute Gasteiger partial charge is 0.408 e. The Hall–Kier alpha value is -2.57. The highest BCUT2D eigenvalue weighted by atomic mass is 16.6. The minimum atomic E-state index is -0.799. The van der Waals surface area contributed by atoms with E-state index >= 15 is 0 Å². The van der Waals surface area contributed by atoms with Crippen LogP contribution in [0.5, 0.6) is 0 Å². The monoisotopic (exact) mass is 349 g/mol. The Morgan fingerprint density at radius 2 is 1.68 bits per heavy atom. The van der Waals surface area contributed by atoms with Crippen LogP contribution >= 0.6 is 0 Å². The number of rotatable bonds is 5. The molecule has 1 unspecified atom stereocenters. The van der Waals surface area contributed by atoms with Crippen LogP contribution in [0.2, 0.25) is 0 Å². The molecule has 0 spiro atoms. The second-order valence-corrected chi connectivity index (χ2v) is 6.98. The first kappa shape index (κ1) is 20.5. The molecule has 1 atom stereocenters. The van der Waals surface area contributed by atoms with Crippen LogP contribution in [0.3, 0.4) is 0 Å². The maximum absolute atomic E-state index is 12.6. The van der Waals surface area contributed by atoms with Gasteiger partial charge in [0.1, 0.15) is 11.6 Å². The maximum Gasteiger partial charge on any atom is 0.408 e. The van der Waals surface area contributed by atoms with E-state index in [0.717, 1.165) is 0 Å². The Balaban J connectivity index is 2.92. The van der Waals surface area contributed by atoms with E-state index in [2.05, 4.69) is 16.0 Å². The normalized spacial score (nSPS) is 12.3. The number of anilines is 1. The molecule has 0 aliphatic rings. The van der Waals surface area contributed by atoms with Gasteiger partial charge >= 0.3 is 6.09 Å². The summed E-state index contributed by atoms with van der Waals surface area (Å²) in [6, 6.07) is 5.87. The van der Waals surface area contributed by atoms with E-state index in [0.29, 0.717) is 11.3 Å². The van der Waals surface area contributed by atoms with E-state index in [1.165, 1.54) is 7.05 Å². The van der Waals surface area contributed by atoms with Gasteiger partial charge in [-0.2, -0.15) is 0 Å². The largest absolute Gasteiger partial charge is 0.444 e. The maximum atomic E-state index is 12.6. The predicted octanol–water partition coefficient (Wildman–Crippen LogP) is 2.53. The first-order chi connectivity index (χ1) is 11.5. The fourth-order valence-electron chi connectivity index (χ4n) is 2.10. The molecular formula is C18H27N3O4. The van der Waals surface area contributed by atoms with E-state index in [1.807, 2.05) is 13.8 Å². The summed E-state index contributed by atoms with van der Waals surface area (Å²) in [7, 11) is 1.52. The fourth-order valence-corrected chi connectivity index (χ4v) is 2.10. The van der Waals surface area contributed by atoms with Crippen molar-refractivity contribution in [3.8, 4) is 0 Å².